The van der Waals surface area contributed by atoms with Gasteiger partial charge in [-0.2, -0.15) is 0 Å². The van der Waals surface area contributed by atoms with E-state index in [0.29, 0.717) is 17.5 Å². The summed E-state index contributed by atoms with van der Waals surface area (Å²) in [6.07, 6.45) is 0.537. The summed E-state index contributed by atoms with van der Waals surface area (Å²) >= 11 is 4.88. The van der Waals surface area contributed by atoms with Crippen LogP contribution in [-0.4, -0.2) is 34.3 Å². The maximum absolute atomic E-state index is 13.9. The summed E-state index contributed by atoms with van der Waals surface area (Å²) in [5.74, 6) is -1.14. The number of benzene rings is 1. The Labute approximate surface area is 127 Å². The summed E-state index contributed by atoms with van der Waals surface area (Å²) in [4.78, 5) is 25.1. The van der Waals surface area contributed by atoms with Crippen molar-refractivity contribution in [3.63, 3.8) is 0 Å². The van der Waals surface area contributed by atoms with Crippen molar-refractivity contribution < 1.29 is 14.0 Å². The zero-order chi connectivity index (χ0) is 15.6. The number of nitrogens with one attached hydrogen (secondary N) is 1. The predicted octanol–water partition coefficient (Wildman–Crippen LogP) is 0.697. The molecule has 1 aromatic rings. The van der Waals surface area contributed by atoms with Crippen LogP contribution in [0.4, 0.5) is 4.39 Å². The summed E-state index contributed by atoms with van der Waals surface area (Å²) in [5, 5.41) is 2.29. The molecule has 1 saturated heterocycles. The molecule has 2 rings (SSSR count). The molecular formula is C14H16FN3O2S. The lowest BCUT2D eigenvalue weighted by Crippen LogP contribution is -2.57. The molecular weight excluding hydrogens is 293 g/mol. The van der Waals surface area contributed by atoms with Gasteiger partial charge in [-0.15, -0.1) is 0 Å². The van der Waals surface area contributed by atoms with E-state index in [4.69, 9.17) is 18.0 Å². The van der Waals surface area contributed by atoms with E-state index in [-0.39, 0.29) is 29.9 Å². The Morgan fingerprint density at radius 3 is 2.86 bits per heavy atom. The van der Waals surface area contributed by atoms with Gasteiger partial charge in [-0.3, -0.25) is 19.8 Å². The second kappa shape index (κ2) is 6.28. The van der Waals surface area contributed by atoms with Crippen LogP contribution in [0.2, 0.25) is 0 Å². The monoisotopic (exact) mass is 309 g/mol. The molecule has 7 heteroatoms. The van der Waals surface area contributed by atoms with E-state index in [1.165, 1.54) is 12.1 Å². The third kappa shape index (κ3) is 3.43. The molecule has 2 amide bonds. The fourth-order valence-corrected chi connectivity index (χ4v) is 2.53. The minimum absolute atomic E-state index is 0.0565. The standard InChI is InChI=1S/C14H16FN3O2S/c1-2-11-14(20)17-12(19)7-18(11)6-9-5-8(13(16)21)3-4-10(9)15/h3-5,11H,2,6-7H2,1H3,(H2,16,21)(H,17,19,20). The molecule has 1 aromatic carbocycles. The van der Waals surface area contributed by atoms with Gasteiger partial charge in [0.1, 0.15) is 10.8 Å². The Morgan fingerprint density at radius 1 is 1.52 bits per heavy atom. The molecule has 3 N–H and O–H groups in total. The highest BCUT2D eigenvalue weighted by atomic mass is 32.1. The summed E-state index contributed by atoms with van der Waals surface area (Å²) in [7, 11) is 0. The Balaban J connectivity index is 2.27. The van der Waals surface area contributed by atoms with Crippen LogP contribution < -0.4 is 11.1 Å². The number of nitrogens with two attached hydrogens (primary N) is 1. The molecule has 0 spiro atoms. The van der Waals surface area contributed by atoms with E-state index < -0.39 is 11.9 Å². The van der Waals surface area contributed by atoms with Gasteiger partial charge in [0, 0.05) is 17.7 Å². The van der Waals surface area contributed by atoms with Crippen molar-refractivity contribution in [1.29, 1.82) is 0 Å². The molecule has 1 fully saturated rings. The second-order valence-electron chi connectivity index (χ2n) is 4.91. The van der Waals surface area contributed by atoms with Gasteiger partial charge in [-0.25, -0.2) is 4.39 Å². The minimum atomic E-state index is -0.449. The largest absolute Gasteiger partial charge is 0.389 e. The SMILES string of the molecule is CCC1C(=O)NC(=O)CN1Cc1cc(C(N)=S)ccc1F. The van der Waals surface area contributed by atoms with Gasteiger partial charge in [-0.1, -0.05) is 19.1 Å². The highest BCUT2D eigenvalue weighted by Crippen LogP contribution is 2.17. The number of hydrogen-bond donors (Lipinski definition) is 2. The van der Waals surface area contributed by atoms with Crippen molar-refractivity contribution in [2.75, 3.05) is 6.54 Å². The van der Waals surface area contributed by atoms with Crippen LogP contribution in [0.25, 0.3) is 0 Å². The zero-order valence-electron chi connectivity index (χ0n) is 11.6. The average Bonchev–Trinajstić information content (AvgIpc) is 2.40. The van der Waals surface area contributed by atoms with Gasteiger partial charge < -0.3 is 5.73 Å². The first-order chi connectivity index (χ1) is 9.92. The lowest BCUT2D eigenvalue weighted by molar-refractivity contribution is -0.140. The molecule has 0 aliphatic carbocycles. The van der Waals surface area contributed by atoms with E-state index in [1.54, 1.807) is 11.0 Å². The van der Waals surface area contributed by atoms with E-state index in [2.05, 4.69) is 5.32 Å². The first kappa shape index (κ1) is 15.5. The van der Waals surface area contributed by atoms with Crippen LogP contribution in [0.15, 0.2) is 18.2 Å². The molecule has 1 aliphatic rings. The molecule has 1 aliphatic heterocycles. The number of halogens is 1. The lowest BCUT2D eigenvalue weighted by atomic mass is 10.1. The molecule has 0 radical (unpaired) electrons. The molecule has 5 nitrogen and oxygen atoms in total. The lowest BCUT2D eigenvalue weighted by Gasteiger charge is -2.33. The predicted molar refractivity (Wildman–Crippen MR) is 79.9 cm³/mol. The average molecular weight is 309 g/mol. The van der Waals surface area contributed by atoms with Crippen LogP contribution in [0.5, 0.6) is 0 Å². The number of amides is 2. The summed E-state index contributed by atoms with van der Waals surface area (Å²) in [5.41, 5.74) is 6.46. The molecule has 1 atom stereocenters. The molecule has 112 valence electrons. The highest BCUT2D eigenvalue weighted by molar-refractivity contribution is 7.80. The van der Waals surface area contributed by atoms with Crippen molar-refractivity contribution >= 4 is 29.0 Å². The van der Waals surface area contributed by atoms with Crippen LogP contribution >= 0.6 is 12.2 Å². The van der Waals surface area contributed by atoms with Gasteiger partial charge >= 0.3 is 0 Å². The fraction of sp³-hybridized carbons (Fsp3) is 0.357. The molecule has 1 heterocycles. The number of piperazine rings is 1. The topological polar surface area (TPSA) is 75.4 Å². The Morgan fingerprint density at radius 2 is 2.24 bits per heavy atom. The van der Waals surface area contributed by atoms with Crippen LogP contribution in [0, 0.1) is 5.82 Å². The van der Waals surface area contributed by atoms with Crippen molar-refractivity contribution in [2.24, 2.45) is 5.73 Å². The molecule has 0 bridgehead atoms. The summed E-state index contributed by atoms with van der Waals surface area (Å²) in [6.45, 7) is 2.05. The van der Waals surface area contributed by atoms with E-state index in [1.807, 2.05) is 6.92 Å². The molecule has 0 saturated carbocycles. The maximum atomic E-state index is 13.9. The quantitative estimate of drug-likeness (QED) is 0.632. The van der Waals surface area contributed by atoms with E-state index in [9.17, 15) is 14.0 Å². The van der Waals surface area contributed by atoms with Gasteiger partial charge in [0.05, 0.1) is 12.6 Å². The third-order valence-corrected chi connectivity index (χ3v) is 3.68. The van der Waals surface area contributed by atoms with Crippen molar-refractivity contribution in [1.82, 2.24) is 10.2 Å². The highest BCUT2D eigenvalue weighted by Gasteiger charge is 2.32. The Bertz CT molecular complexity index is 606. The molecule has 1 unspecified atom stereocenters. The molecule has 0 aromatic heterocycles. The first-order valence-electron chi connectivity index (χ1n) is 6.58. The maximum Gasteiger partial charge on any atom is 0.243 e. The smallest absolute Gasteiger partial charge is 0.243 e. The van der Waals surface area contributed by atoms with E-state index in [0.717, 1.165) is 0 Å². The fourth-order valence-electron chi connectivity index (χ4n) is 2.40. The van der Waals surface area contributed by atoms with Crippen LogP contribution in [-0.2, 0) is 16.1 Å². The van der Waals surface area contributed by atoms with Crippen molar-refractivity contribution in [3.05, 3.63) is 35.1 Å². The number of imide groups is 1. The Kier molecular flexibility index (Phi) is 4.64. The van der Waals surface area contributed by atoms with Crippen molar-refractivity contribution in [2.45, 2.75) is 25.9 Å². The number of carbonyl (C=O) groups excluding carboxylic acids is 2. The number of rotatable bonds is 4. The number of nitrogens with zero attached hydrogens (tertiary/aromatic N) is 1. The minimum Gasteiger partial charge on any atom is -0.389 e. The number of thiocarbonyl (C=S) groups is 1. The normalized spacial score (nSPS) is 19.4. The van der Waals surface area contributed by atoms with Gasteiger partial charge in [0.25, 0.3) is 0 Å². The molecule has 21 heavy (non-hydrogen) atoms. The van der Waals surface area contributed by atoms with Gasteiger partial charge in [-0.05, 0) is 24.6 Å². The van der Waals surface area contributed by atoms with Crippen molar-refractivity contribution in [3.8, 4) is 0 Å². The van der Waals surface area contributed by atoms with Gasteiger partial charge in [0.15, 0.2) is 0 Å². The number of hydrogen-bond acceptors (Lipinski definition) is 4. The first-order valence-corrected chi connectivity index (χ1v) is 6.99. The Hall–Kier alpha value is -1.86. The van der Waals surface area contributed by atoms with Crippen LogP contribution in [0.1, 0.15) is 24.5 Å². The number of carbonyl (C=O) groups is 2. The summed E-state index contributed by atoms with van der Waals surface area (Å²) < 4.78 is 13.9. The van der Waals surface area contributed by atoms with Crippen LogP contribution in [0.3, 0.4) is 0 Å². The van der Waals surface area contributed by atoms with E-state index >= 15 is 0 Å². The second-order valence-corrected chi connectivity index (χ2v) is 5.35. The summed E-state index contributed by atoms with van der Waals surface area (Å²) in [6, 6.07) is 3.90. The third-order valence-electron chi connectivity index (χ3n) is 3.44. The van der Waals surface area contributed by atoms with Gasteiger partial charge in [0.2, 0.25) is 11.8 Å². The zero-order valence-corrected chi connectivity index (χ0v) is 12.4.